The summed E-state index contributed by atoms with van der Waals surface area (Å²) in [5, 5.41) is 6.32. The number of hydrogen-bond acceptors (Lipinski definition) is 8. The molecule has 1 aliphatic heterocycles. The lowest BCUT2D eigenvalue weighted by atomic mass is 9.83. The van der Waals surface area contributed by atoms with Crippen molar-refractivity contribution in [1.82, 2.24) is 30.4 Å². The molecule has 5 rings (SSSR count). The number of aromatic nitrogens is 2. The Morgan fingerprint density at radius 1 is 1.02 bits per heavy atom. The number of carbonyl (C=O) groups excluding carboxylic acids is 4. The van der Waals surface area contributed by atoms with Gasteiger partial charge < -0.3 is 25.0 Å². The molecular formula is C36H49ClN6O6. The molecule has 1 aromatic carbocycles. The number of amides is 4. The lowest BCUT2D eigenvalue weighted by molar-refractivity contribution is -0.143. The van der Waals surface area contributed by atoms with Crippen molar-refractivity contribution in [3.05, 3.63) is 53.1 Å². The maximum atomic E-state index is 14.7. The van der Waals surface area contributed by atoms with Crippen LogP contribution >= 0.6 is 11.6 Å². The highest BCUT2D eigenvalue weighted by atomic mass is 35.5. The monoisotopic (exact) mass is 696 g/mol. The standard InChI is InChI=1S/C36H49ClN6O6/c1-22(42(5)35(47)49-36(2,3)4)31(44)41-30(24-13-7-6-8-14-24)33(46)43-21-25(48-26-19-38-34(37)39-20-26)18-29(43)32(45)40-28-17-11-15-23-12-9-10-16-27(23)28/h9-10,12,16,19-20,22,24-25,28-30H,6-8,11,13-15,17-18,21H2,1-5H3,(H,40,45)(H,41,44)/t22-,25-,28+,29-,30-/m0/s1. The fraction of sp³-hybridized carbons (Fsp3) is 0.611. The van der Waals surface area contributed by atoms with Crippen molar-refractivity contribution in [2.24, 2.45) is 5.92 Å². The zero-order valence-electron chi connectivity index (χ0n) is 29.1. The smallest absolute Gasteiger partial charge is 0.410 e. The number of nitrogens with zero attached hydrogens (tertiary/aromatic N) is 4. The number of nitrogens with one attached hydrogen (secondary N) is 2. The van der Waals surface area contributed by atoms with Crippen LogP contribution in [0.2, 0.25) is 5.28 Å². The molecule has 49 heavy (non-hydrogen) atoms. The van der Waals surface area contributed by atoms with Gasteiger partial charge in [0.15, 0.2) is 5.75 Å². The summed E-state index contributed by atoms with van der Waals surface area (Å²) >= 11 is 5.88. The predicted molar refractivity (Wildman–Crippen MR) is 184 cm³/mol. The second kappa shape index (κ2) is 15.7. The summed E-state index contributed by atoms with van der Waals surface area (Å²) in [5.74, 6) is -0.819. The predicted octanol–water partition coefficient (Wildman–Crippen LogP) is 4.99. The molecule has 12 nitrogen and oxygen atoms in total. The Balaban J connectivity index is 1.38. The minimum absolute atomic E-state index is 0.0817. The summed E-state index contributed by atoms with van der Waals surface area (Å²) < 4.78 is 11.6. The Morgan fingerprint density at radius 2 is 1.71 bits per heavy atom. The minimum atomic E-state index is -0.904. The number of fused-ring (bicyclic) bond motifs is 1. The van der Waals surface area contributed by atoms with Crippen LogP contribution in [0.1, 0.15) is 96.2 Å². The molecule has 3 aliphatic rings. The van der Waals surface area contributed by atoms with Gasteiger partial charge in [-0.15, -0.1) is 0 Å². The summed E-state index contributed by atoms with van der Waals surface area (Å²) in [4.78, 5) is 66.1. The molecular weight excluding hydrogens is 648 g/mol. The Kier molecular flexibility index (Phi) is 11.7. The third-order valence-electron chi connectivity index (χ3n) is 9.76. The van der Waals surface area contributed by atoms with E-state index in [0.717, 1.165) is 56.9 Å². The molecule has 2 N–H and O–H groups in total. The quantitative estimate of drug-likeness (QED) is 0.349. The van der Waals surface area contributed by atoms with Crippen molar-refractivity contribution in [3.8, 4) is 5.75 Å². The maximum absolute atomic E-state index is 14.7. The third kappa shape index (κ3) is 9.20. The Hall–Kier alpha value is -3.93. The molecule has 266 valence electrons. The Bertz CT molecular complexity index is 1490. The lowest BCUT2D eigenvalue weighted by Crippen LogP contribution is -2.59. The number of ether oxygens (including phenoxy) is 2. The summed E-state index contributed by atoms with van der Waals surface area (Å²) in [5.41, 5.74) is 1.58. The van der Waals surface area contributed by atoms with Gasteiger partial charge in [-0.25, -0.2) is 14.8 Å². The van der Waals surface area contributed by atoms with Gasteiger partial charge in [0.1, 0.15) is 29.8 Å². The molecule has 0 spiro atoms. The van der Waals surface area contributed by atoms with Crippen LogP contribution in [0.4, 0.5) is 4.79 Å². The van der Waals surface area contributed by atoms with Crippen LogP contribution in [-0.2, 0) is 25.5 Å². The molecule has 1 saturated heterocycles. The van der Waals surface area contributed by atoms with E-state index in [-0.39, 0.29) is 42.0 Å². The average molecular weight is 697 g/mol. The van der Waals surface area contributed by atoms with Gasteiger partial charge in [0.2, 0.25) is 23.0 Å². The van der Waals surface area contributed by atoms with Gasteiger partial charge in [0.25, 0.3) is 0 Å². The van der Waals surface area contributed by atoms with Gasteiger partial charge in [-0.05, 0) is 88.4 Å². The number of rotatable bonds is 9. The molecule has 4 amide bonds. The number of halogens is 1. The fourth-order valence-electron chi connectivity index (χ4n) is 7.07. The number of carbonyl (C=O) groups is 4. The summed E-state index contributed by atoms with van der Waals surface area (Å²) in [7, 11) is 1.50. The number of likely N-dealkylation sites (N-methyl/N-ethyl adjacent to an activating group) is 1. The van der Waals surface area contributed by atoms with Gasteiger partial charge >= 0.3 is 6.09 Å². The highest BCUT2D eigenvalue weighted by molar-refractivity contribution is 6.28. The molecule has 2 fully saturated rings. The molecule has 1 aromatic heterocycles. The van der Waals surface area contributed by atoms with Crippen LogP contribution in [0.3, 0.4) is 0 Å². The third-order valence-corrected chi connectivity index (χ3v) is 9.96. The van der Waals surface area contributed by atoms with E-state index in [2.05, 4.69) is 26.7 Å². The largest absolute Gasteiger partial charge is 0.485 e. The first kappa shape index (κ1) is 36.4. The van der Waals surface area contributed by atoms with Crippen LogP contribution in [0.25, 0.3) is 0 Å². The van der Waals surface area contributed by atoms with Crippen molar-refractivity contribution >= 4 is 35.4 Å². The second-order valence-corrected chi connectivity index (χ2v) is 14.8. The van der Waals surface area contributed by atoms with E-state index in [9.17, 15) is 19.2 Å². The summed E-state index contributed by atoms with van der Waals surface area (Å²) in [6, 6.07) is 5.34. The average Bonchev–Trinajstić information content (AvgIpc) is 3.51. The topological polar surface area (TPSA) is 143 Å². The minimum Gasteiger partial charge on any atom is -0.485 e. The SMILES string of the molecule is C[C@@H](C(=O)N[C@H](C(=O)N1C[C@@H](Oc2cnc(Cl)nc2)C[C@H]1C(=O)N[C@@H]1CCCc2ccccc21)C1CCCCC1)N(C)C(=O)OC(C)(C)C. The molecule has 5 atom stereocenters. The van der Waals surface area contributed by atoms with E-state index < -0.39 is 41.8 Å². The van der Waals surface area contributed by atoms with E-state index in [1.807, 2.05) is 18.2 Å². The van der Waals surface area contributed by atoms with E-state index in [0.29, 0.717) is 5.75 Å². The second-order valence-electron chi connectivity index (χ2n) is 14.5. The zero-order valence-corrected chi connectivity index (χ0v) is 29.9. The van der Waals surface area contributed by atoms with Crippen LogP contribution in [0.5, 0.6) is 5.75 Å². The molecule has 1 saturated carbocycles. The number of aryl methyl sites for hydroxylation is 1. The normalized spacial score (nSPS) is 22.3. The van der Waals surface area contributed by atoms with E-state index in [1.54, 1.807) is 32.6 Å². The van der Waals surface area contributed by atoms with Crippen LogP contribution in [0, 0.1) is 5.92 Å². The first-order chi connectivity index (χ1) is 23.3. The molecule has 2 heterocycles. The van der Waals surface area contributed by atoms with Gasteiger partial charge in [-0.3, -0.25) is 19.3 Å². The lowest BCUT2D eigenvalue weighted by Gasteiger charge is -2.36. The Labute approximate surface area is 293 Å². The van der Waals surface area contributed by atoms with Crippen molar-refractivity contribution in [2.45, 2.75) is 121 Å². The summed E-state index contributed by atoms with van der Waals surface area (Å²) in [6.07, 6.45) is 9.16. The van der Waals surface area contributed by atoms with E-state index >= 15 is 0 Å². The van der Waals surface area contributed by atoms with E-state index in [4.69, 9.17) is 21.1 Å². The first-order valence-electron chi connectivity index (χ1n) is 17.4. The highest BCUT2D eigenvalue weighted by Crippen LogP contribution is 2.33. The Morgan fingerprint density at radius 3 is 2.41 bits per heavy atom. The van der Waals surface area contributed by atoms with Crippen molar-refractivity contribution in [3.63, 3.8) is 0 Å². The number of likely N-dealkylation sites (tertiary alicyclic amines) is 1. The number of benzene rings is 1. The summed E-state index contributed by atoms with van der Waals surface area (Å²) in [6.45, 7) is 7.01. The maximum Gasteiger partial charge on any atom is 0.410 e. The number of hydrogen-bond donors (Lipinski definition) is 2. The van der Waals surface area contributed by atoms with Crippen LogP contribution in [0.15, 0.2) is 36.7 Å². The van der Waals surface area contributed by atoms with Gasteiger partial charge in [-0.1, -0.05) is 43.5 Å². The van der Waals surface area contributed by atoms with Gasteiger partial charge in [-0.2, -0.15) is 0 Å². The van der Waals surface area contributed by atoms with Gasteiger partial charge in [0.05, 0.1) is 25.0 Å². The van der Waals surface area contributed by atoms with Crippen molar-refractivity contribution < 1.29 is 28.7 Å². The fourth-order valence-corrected chi connectivity index (χ4v) is 7.17. The van der Waals surface area contributed by atoms with Crippen LogP contribution < -0.4 is 15.4 Å². The molecule has 2 aromatic rings. The molecule has 13 heteroatoms. The van der Waals surface area contributed by atoms with Crippen molar-refractivity contribution in [2.75, 3.05) is 13.6 Å². The molecule has 2 aliphatic carbocycles. The highest BCUT2D eigenvalue weighted by Gasteiger charge is 2.46. The molecule has 0 unspecified atom stereocenters. The van der Waals surface area contributed by atoms with E-state index in [1.165, 1.54) is 29.9 Å². The van der Waals surface area contributed by atoms with Crippen LogP contribution in [-0.4, -0.2) is 87.0 Å². The first-order valence-corrected chi connectivity index (χ1v) is 17.8. The molecule has 0 bridgehead atoms. The molecule has 0 radical (unpaired) electrons. The van der Waals surface area contributed by atoms with Crippen molar-refractivity contribution in [1.29, 1.82) is 0 Å². The zero-order chi connectivity index (χ0) is 35.3. The van der Waals surface area contributed by atoms with Gasteiger partial charge in [0, 0.05) is 13.5 Å².